The summed E-state index contributed by atoms with van der Waals surface area (Å²) in [4.78, 5) is 22.9. The van der Waals surface area contributed by atoms with Crippen LogP contribution in [0.1, 0.15) is 31.8 Å². The molecule has 0 radical (unpaired) electrons. The molecule has 0 aliphatic heterocycles. The fraction of sp³-hybridized carbons (Fsp3) is 0.0435. The van der Waals surface area contributed by atoms with E-state index in [0.717, 1.165) is 16.5 Å². The number of carbonyl (C=O) groups is 2. The topological polar surface area (TPSA) is 79.5 Å². The lowest BCUT2D eigenvalue weighted by Gasteiger charge is -2.10. The molecule has 0 amide bonds. The van der Waals surface area contributed by atoms with Gasteiger partial charge in [0.1, 0.15) is 0 Å². The molecule has 1 heterocycles. The highest BCUT2D eigenvalue weighted by atomic mass is 35.5. The van der Waals surface area contributed by atoms with Gasteiger partial charge in [-0.25, -0.2) is 9.59 Å². The first kappa shape index (κ1) is 20.0. The molecule has 0 saturated heterocycles. The third-order valence-corrected chi connectivity index (χ3v) is 5.47. The highest BCUT2D eigenvalue weighted by molar-refractivity contribution is 6.33. The summed E-state index contributed by atoms with van der Waals surface area (Å²) in [7, 11) is 0. The summed E-state index contributed by atoms with van der Waals surface area (Å²) in [5, 5.41) is 20.3. The zero-order valence-electron chi connectivity index (χ0n) is 15.5. The number of fused-ring (bicyclic) bond motifs is 1. The summed E-state index contributed by atoms with van der Waals surface area (Å²) in [5.74, 6) is -2.10. The Labute approximate surface area is 181 Å². The molecule has 7 heteroatoms. The minimum atomic E-state index is -1.09. The maximum atomic E-state index is 11.5. The van der Waals surface area contributed by atoms with E-state index in [4.69, 9.17) is 23.2 Å². The van der Waals surface area contributed by atoms with E-state index in [0.29, 0.717) is 22.7 Å². The summed E-state index contributed by atoms with van der Waals surface area (Å²) in [5.41, 5.74) is 3.43. The number of aromatic carboxylic acids is 2. The SMILES string of the molecule is O=C(O)c1cc(-n2ccc3cc(Cc4ccc(Cl)cc4C(=O)O)ccc32)ccc1Cl. The van der Waals surface area contributed by atoms with Crippen LogP contribution in [0, 0.1) is 0 Å². The number of carboxylic acid groups (broad SMARTS) is 2. The van der Waals surface area contributed by atoms with Crippen LogP contribution in [0.5, 0.6) is 0 Å². The second-order valence-corrected chi connectivity index (χ2v) is 7.68. The second-order valence-electron chi connectivity index (χ2n) is 6.83. The summed E-state index contributed by atoms with van der Waals surface area (Å²) in [6, 6.07) is 17.5. The lowest BCUT2D eigenvalue weighted by molar-refractivity contribution is 0.0685. The second kappa shape index (κ2) is 7.86. The largest absolute Gasteiger partial charge is 0.478 e. The molecule has 0 atom stereocenters. The number of nitrogens with zero attached hydrogens (tertiary/aromatic N) is 1. The Morgan fingerprint density at radius 2 is 1.60 bits per heavy atom. The van der Waals surface area contributed by atoms with Gasteiger partial charge >= 0.3 is 11.9 Å². The molecule has 2 N–H and O–H groups in total. The first-order valence-electron chi connectivity index (χ1n) is 8.98. The van der Waals surface area contributed by atoms with Crippen molar-refractivity contribution in [3.8, 4) is 5.69 Å². The van der Waals surface area contributed by atoms with Crippen LogP contribution in [0.3, 0.4) is 0 Å². The molecular weight excluding hydrogens is 425 g/mol. The lowest BCUT2D eigenvalue weighted by atomic mass is 9.99. The maximum absolute atomic E-state index is 11.5. The number of hydrogen-bond donors (Lipinski definition) is 2. The minimum Gasteiger partial charge on any atom is -0.478 e. The minimum absolute atomic E-state index is 0.0385. The van der Waals surface area contributed by atoms with E-state index in [1.165, 1.54) is 12.1 Å². The molecule has 3 aromatic carbocycles. The lowest BCUT2D eigenvalue weighted by Crippen LogP contribution is -2.03. The maximum Gasteiger partial charge on any atom is 0.337 e. The number of hydrogen-bond acceptors (Lipinski definition) is 2. The van der Waals surface area contributed by atoms with Crippen LogP contribution >= 0.6 is 23.2 Å². The average Bonchev–Trinajstić information content (AvgIpc) is 3.12. The summed E-state index contributed by atoms with van der Waals surface area (Å²) < 4.78 is 1.88. The van der Waals surface area contributed by atoms with Gasteiger partial charge in [0.25, 0.3) is 0 Å². The Morgan fingerprint density at radius 1 is 0.833 bits per heavy atom. The number of aromatic nitrogens is 1. The zero-order valence-corrected chi connectivity index (χ0v) is 17.0. The van der Waals surface area contributed by atoms with Crippen LogP contribution in [-0.4, -0.2) is 26.7 Å². The van der Waals surface area contributed by atoms with Crippen LogP contribution in [0.25, 0.3) is 16.6 Å². The third-order valence-electron chi connectivity index (χ3n) is 4.91. The van der Waals surface area contributed by atoms with Crippen molar-refractivity contribution in [2.45, 2.75) is 6.42 Å². The van der Waals surface area contributed by atoms with Gasteiger partial charge in [-0.05, 0) is 66.1 Å². The van der Waals surface area contributed by atoms with Crippen molar-refractivity contribution in [1.82, 2.24) is 4.57 Å². The van der Waals surface area contributed by atoms with Gasteiger partial charge in [0.15, 0.2) is 0 Å². The third kappa shape index (κ3) is 3.77. The molecule has 4 aromatic rings. The van der Waals surface area contributed by atoms with E-state index in [1.807, 2.05) is 35.0 Å². The van der Waals surface area contributed by atoms with Gasteiger partial charge < -0.3 is 14.8 Å². The van der Waals surface area contributed by atoms with Crippen LogP contribution < -0.4 is 0 Å². The van der Waals surface area contributed by atoms with Crippen molar-refractivity contribution < 1.29 is 19.8 Å². The van der Waals surface area contributed by atoms with Crippen molar-refractivity contribution in [3.05, 3.63) is 99.2 Å². The molecule has 0 aliphatic carbocycles. The van der Waals surface area contributed by atoms with Crippen LogP contribution in [0.2, 0.25) is 10.0 Å². The molecule has 0 unspecified atom stereocenters. The molecule has 150 valence electrons. The van der Waals surface area contributed by atoms with Gasteiger partial charge in [-0.3, -0.25) is 0 Å². The van der Waals surface area contributed by atoms with E-state index < -0.39 is 11.9 Å². The standard InChI is InChI=1S/C23H15Cl2NO4/c24-16-3-2-14(18(11-16)22(27)28)9-13-1-6-21-15(10-13)7-8-26(21)17-4-5-20(25)19(12-17)23(29)30/h1-8,10-12H,9H2,(H,27,28)(H,29,30). The summed E-state index contributed by atoms with van der Waals surface area (Å²) in [6.07, 6.45) is 2.30. The van der Waals surface area contributed by atoms with Gasteiger partial charge in [0.05, 0.1) is 21.7 Å². The molecule has 4 rings (SSSR count). The molecule has 0 fully saturated rings. The van der Waals surface area contributed by atoms with Crippen molar-refractivity contribution >= 4 is 46.0 Å². The number of halogens is 2. The Kier molecular flexibility index (Phi) is 5.24. The Morgan fingerprint density at radius 3 is 2.33 bits per heavy atom. The average molecular weight is 440 g/mol. The normalized spacial score (nSPS) is 11.0. The van der Waals surface area contributed by atoms with Gasteiger partial charge in [-0.2, -0.15) is 0 Å². The van der Waals surface area contributed by atoms with E-state index >= 15 is 0 Å². The van der Waals surface area contributed by atoms with Gasteiger partial charge in [0, 0.05) is 22.3 Å². The summed E-state index contributed by atoms with van der Waals surface area (Å²) in [6.45, 7) is 0. The number of carboxylic acids is 2. The molecule has 1 aromatic heterocycles. The highest BCUT2D eigenvalue weighted by Gasteiger charge is 2.14. The van der Waals surface area contributed by atoms with Crippen LogP contribution in [0.15, 0.2) is 66.9 Å². The van der Waals surface area contributed by atoms with Gasteiger partial charge in [-0.15, -0.1) is 0 Å². The van der Waals surface area contributed by atoms with Crippen LogP contribution in [0.4, 0.5) is 0 Å². The molecule has 5 nitrogen and oxygen atoms in total. The number of rotatable bonds is 5. The smallest absolute Gasteiger partial charge is 0.337 e. The van der Waals surface area contributed by atoms with Crippen molar-refractivity contribution in [2.75, 3.05) is 0 Å². The van der Waals surface area contributed by atoms with Gasteiger partial charge in [0.2, 0.25) is 0 Å². The first-order chi connectivity index (χ1) is 14.3. The van der Waals surface area contributed by atoms with Crippen molar-refractivity contribution in [2.24, 2.45) is 0 Å². The predicted molar refractivity (Wildman–Crippen MR) is 116 cm³/mol. The molecule has 0 spiro atoms. The van der Waals surface area contributed by atoms with Crippen molar-refractivity contribution in [3.63, 3.8) is 0 Å². The van der Waals surface area contributed by atoms with E-state index in [1.54, 1.807) is 24.3 Å². The Bertz CT molecular complexity index is 1310. The molecule has 0 saturated carbocycles. The molecule has 30 heavy (non-hydrogen) atoms. The Hall–Kier alpha value is -3.28. The fourth-order valence-corrected chi connectivity index (χ4v) is 3.85. The summed E-state index contributed by atoms with van der Waals surface area (Å²) >= 11 is 11.9. The molecule has 0 bridgehead atoms. The highest BCUT2D eigenvalue weighted by Crippen LogP contribution is 2.27. The molecular formula is C23H15Cl2NO4. The Balaban J connectivity index is 1.71. The van der Waals surface area contributed by atoms with Gasteiger partial charge in [-0.1, -0.05) is 35.3 Å². The quantitative estimate of drug-likeness (QED) is 0.404. The molecule has 0 aliphatic rings. The van der Waals surface area contributed by atoms with E-state index in [9.17, 15) is 19.8 Å². The van der Waals surface area contributed by atoms with E-state index in [2.05, 4.69) is 0 Å². The zero-order chi connectivity index (χ0) is 21.4. The number of benzene rings is 3. The predicted octanol–water partition coefficient (Wildman–Crippen LogP) is 5.92. The monoisotopic (exact) mass is 439 g/mol. The van der Waals surface area contributed by atoms with Crippen molar-refractivity contribution in [1.29, 1.82) is 0 Å². The first-order valence-corrected chi connectivity index (χ1v) is 9.74. The van der Waals surface area contributed by atoms with Crippen LogP contribution in [-0.2, 0) is 6.42 Å². The van der Waals surface area contributed by atoms with E-state index in [-0.39, 0.29) is 16.1 Å². The fourth-order valence-electron chi connectivity index (χ4n) is 3.48.